The predicted octanol–water partition coefficient (Wildman–Crippen LogP) is 2.04. The van der Waals surface area contributed by atoms with Gasteiger partial charge in [0.1, 0.15) is 0 Å². The molecule has 1 N–H and O–H groups in total. The lowest BCUT2D eigenvalue weighted by atomic mass is 10.2. The molecule has 0 radical (unpaired) electrons. The monoisotopic (exact) mass is 314 g/mol. The largest absolute Gasteiger partial charge is 0.350 e. The van der Waals surface area contributed by atoms with Gasteiger partial charge in [0.05, 0.1) is 10.4 Å². The summed E-state index contributed by atoms with van der Waals surface area (Å²) in [4.78, 5) is 12.8. The molecule has 0 saturated heterocycles. The Labute approximate surface area is 128 Å². The summed E-state index contributed by atoms with van der Waals surface area (Å²) in [5, 5.41) is 3.82. The SMILES string of the molecule is CS(=O)(=O)c1ccc2nc(NCc3ccncc3)ncc2c1. The molecule has 0 aliphatic heterocycles. The second-order valence-corrected chi connectivity index (χ2v) is 6.91. The van der Waals surface area contributed by atoms with E-state index in [0.717, 1.165) is 5.56 Å². The lowest BCUT2D eigenvalue weighted by Gasteiger charge is -2.06. The minimum absolute atomic E-state index is 0.265. The van der Waals surface area contributed by atoms with Crippen LogP contribution in [0.25, 0.3) is 10.9 Å². The molecule has 3 rings (SSSR count). The summed E-state index contributed by atoms with van der Waals surface area (Å²) < 4.78 is 23.1. The molecule has 0 atom stereocenters. The van der Waals surface area contributed by atoms with Gasteiger partial charge in [-0.3, -0.25) is 4.98 Å². The van der Waals surface area contributed by atoms with Gasteiger partial charge in [-0.05, 0) is 35.9 Å². The molecule has 6 nitrogen and oxygen atoms in total. The van der Waals surface area contributed by atoms with E-state index < -0.39 is 9.84 Å². The highest BCUT2D eigenvalue weighted by atomic mass is 32.2. The van der Waals surface area contributed by atoms with Gasteiger partial charge in [0.25, 0.3) is 0 Å². The van der Waals surface area contributed by atoms with Gasteiger partial charge in [0.2, 0.25) is 5.95 Å². The number of benzene rings is 1. The van der Waals surface area contributed by atoms with Crippen molar-refractivity contribution < 1.29 is 8.42 Å². The van der Waals surface area contributed by atoms with Crippen LogP contribution in [-0.2, 0) is 16.4 Å². The highest BCUT2D eigenvalue weighted by Crippen LogP contribution is 2.18. The maximum Gasteiger partial charge on any atom is 0.223 e. The average Bonchev–Trinajstić information content (AvgIpc) is 2.52. The summed E-state index contributed by atoms with van der Waals surface area (Å²) in [6, 6.07) is 8.64. The van der Waals surface area contributed by atoms with E-state index in [9.17, 15) is 8.42 Å². The molecule has 2 aromatic heterocycles. The smallest absolute Gasteiger partial charge is 0.223 e. The van der Waals surface area contributed by atoms with Crippen LogP contribution in [-0.4, -0.2) is 29.6 Å². The van der Waals surface area contributed by atoms with E-state index in [4.69, 9.17) is 0 Å². The summed E-state index contributed by atoms with van der Waals surface area (Å²) in [5.41, 5.74) is 1.77. The van der Waals surface area contributed by atoms with Crippen molar-refractivity contribution in [1.82, 2.24) is 15.0 Å². The van der Waals surface area contributed by atoms with Crippen molar-refractivity contribution in [2.75, 3.05) is 11.6 Å². The van der Waals surface area contributed by atoms with Crippen molar-refractivity contribution in [1.29, 1.82) is 0 Å². The lowest BCUT2D eigenvalue weighted by molar-refractivity contribution is 0.602. The van der Waals surface area contributed by atoms with E-state index in [1.807, 2.05) is 12.1 Å². The minimum atomic E-state index is -3.23. The number of rotatable bonds is 4. The Morgan fingerprint density at radius 1 is 1.14 bits per heavy atom. The fourth-order valence-electron chi connectivity index (χ4n) is 2.01. The number of anilines is 1. The van der Waals surface area contributed by atoms with Crippen LogP contribution in [0.15, 0.2) is 53.8 Å². The quantitative estimate of drug-likeness (QED) is 0.793. The molecule has 7 heteroatoms. The van der Waals surface area contributed by atoms with Gasteiger partial charge < -0.3 is 5.32 Å². The van der Waals surface area contributed by atoms with E-state index in [0.29, 0.717) is 23.4 Å². The van der Waals surface area contributed by atoms with Crippen molar-refractivity contribution in [3.63, 3.8) is 0 Å². The fourth-order valence-corrected chi connectivity index (χ4v) is 2.67. The van der Waals surface area contributed by atoms with Crippen molar-refractivity contribution in [3.05, 3.63) is 54.5 Å². The maximum absolute atomic E-state index is 11.5. The maximum atomic E-state index is 11.5. The lowest BCUT2D eigenvalue weighted by Crippen LogP contribution is -2.04. The molecular formula is C15H14N4O2S. The fraction of sp³-hybridized carbons (Fsp3) is 0.133. The second kappa shape index (κ2) is 5.69. The molecule has 112 valence electrons. The number of nitrogens with zero attached hydrogens (tertiary/aromatic N) is 3. The first kappa shape index (κ1) is 14.4. The first-order valence-electron chi connectivity index (χ1n) is 6.62. The molecule has 0 fully saturated rings. The summed E-state index contributed by atoms with van der Waals surface area (Å²) in [7, 11) is -3.23. The number of aromatic nitrogens is 3. The third-order valence-electron chi connectivity index (χ3n) is 3.18. The third kappa shape index (κ3) is 3.20. The molecular weight excluding hydrogens is 300 g/mol. The molecule has 1 aromatic carbocycles. The number of fused-ring (bicyclic) bond motifs is 1. The van der Waals surface area contributed by atoms with Crippen LogP contribution in [0.2, 0.25) is 0 Å². The Hall–Kier alpha value is -2.54. The Bertz CT molecular complexity index is 911. The minimum Gasteiger partial charge on any atom is -0.350 e. The molecule has 0 aliphatic rings. The number of sulfone groups is 1. The zero-order valence-electron chi connectivity index (χ0n) is 11.9. The van der Waals surface area contributed by atoms with Crippen LogP contribution >= 0.6 is 0 Å². The summed E-state index contributed by atoms with van der Waals surface area (Å²) in [5.74, 6) is 0.497. The molecule has 2 heterocycles. The van der Waals surface area contributed by atoms with E-state index >= 15 is 0 Å². The van der Waals surface area contributed by atoms with Gasteiger partial charge in [-0.1, -0.05) is 0 Å². The Balaban J connectivity index is 1.84. The van der Waals surface area contributed by atoms with Crippen molar-refractivity contribution in [2.45, 2.75) is 11.4 Å². The van der Waals surface area contributed by atoms with E-state index in [-0.39, 0.29) is 4.90 Å². The number of pyridine rings is 1. The van der Waals surface area contributed by atoms with E-state index in [1.54, 1.807) is 36.8 Å². The standard InChI is InChI=1S/C15H14N4O2S/c1-22(20,21)13-2-3-14-12(8-13)10-18-15(19-14)17-9-11-4-6-16-7-5-11/h2-8,10H,9H2,1H3,(H,17,18,19). The summed E-state index contributed by atoms with van der Waals surface area (Å²) in [6.45, 7) is 0.593. The average molecular weight is 314 g/mol. The third-order valence-corrected chi connectivity index (χ3v) is 4.29. The molecule has 0 spiro atoms. The van der Waals surface area contributed by atoms with Gasteiger partial charge in [-0.2, -0.15) is 0 Å². The highest BCUT2D eigenvalue weighted by Gasteiger charge is 2.08. The Morgan fingerprint density at radius 3 is 2.64 bits per heavy atom. The molecule has 0 aliphatic carbocycles. The Kier molecular flexibility index (Phi) is 3.72. The molecule has 0 amide bonds. The Morgan fingerprint density at radius 2 is 1.91 bits per heavy atom. The molecule has 3 aromatic rings. The zero-order chi connectivity index (χ0) is 15.6. The molecule has 0 unspecified atom stereocenters. The van der Waals surface area contributed by atoms with Crippen molar-refractivity contribution in [2.24, 2.45) is 0 Å². The van der Waals surface area contributed by atoms with Crippen LogP contribution in [0.3, 0.4) is 0 Å². The topological polar surface area (TPSA) is 84.8 Å². The number of hydrogen-bond donors (Lipinski definition) is 1. The van der Waals surface area contributed by atoms with E-state index in [1.165, 1.54) is 6.26 Å². The van der Waals surface area contributed by atoms with Gasteiger partial charge in [0, 0.05) is 36.8 Å². The summed E-state index contributed by atoms with van der Waals surface area (Å²) >= 11 is 0. The van der Waals surface area contributed by atoms with Crippen LogP contribution in [0.4, 0.5) is 5.95 Å². The van der Waals surface area contributed by atoms with Crippen molar-refractivity contribution in [3.8, 4) is 0 Å². The highest BCUT2D eigenvalue weighted by molar-refractivity contribution is 7.90. The first-order chi connectivity index (χ1) is 10.5. The number of nitrogens with one attached hydrogen (secondary N) is 1. The van der Waals surface area contributed by atoms with Crippen LogP contribution in [0.5, 0.6) is 0 Å². The van der Waals surface area contributed by atoms with E-state index in [2.05, 4.69) is 20.3 Å². The van der Waals surface area contributed by atoms with Crippen LogP contribution in [0, 0.1) is 0 Å². The van der Waals surface area contributed by atoms with Crippen molar-refractivity contribution >= 4 is 26.7 Å². The normalized spacial score (nSPS) is 11.5. The summed E-state index contributed by atoms with van der Waals surface area (Å²) in [6.07, 6.45) is 6.25. The first-order valence-corrected chi connectivity index (χ1v) is 8.51. The van der Waals surface area contributed by atoms with Gasteiger partial charge in [-0.15, -0.1) is 0 Å². The van der Waals surface area contributed by atoms with Crippen LogP contribution < -0.4 is 5.32 Å². The zero-order valence-corrected chi connectivity index (χ0v) is 12.7. The molecule has 0 bridgehead atoms. The van der Waals surface area contributed by atoms with Crippen LogP contribution in [0.1, 0.15) is 5.56 Å². The van der Waals surface area contributed by atoms with Gasteiger partial charge in [-0.25, -0.2) is 18.4 Å². The van der Waals surface area contributed by atoms with Gasteiger partial charge >= 0.3 is 0 Å². The van der Waals surface area contributed by atoms with Gasteiger partial charge in [0.15, 0.2) is 9.84 Å². The molecule has 22 heavy (non-hydrogen) atoms. The predicted molar refractivity (Wildman–Crippen MR) is 84.2 cm³/mol. The number of hydrogen-bond acceptors (Lipinski definition) is 6. The second-order valence-electron chi connectivity index (χ2n) is 4.90. The molecule has 0 saturated carbocycles.